The number of pyridine rings is 1. The molecule has 0 aliphatic carbocycles. The molecule has 0 saturated heterocycles. The molecule has 0 fully saturated rings. The SMILES string of the molecule is Cc1cc(C)c2oc(C(=O)N(Cc3ccccc3F)c3ccccn3)c(C)c2c1. The smallest absolute Gasteiger partial charge is 0.295 e. The number of aryl methyl sites for hydroxylation is 3. The Morgan fingerprint density at radius 3 is 2.55 bits per heavy atom. The first kappa shape index (κ1) is 18.9. The number of aromatic nitrogens is 1. The van der Waals surface area contributed by atoms with Crippen LogP contribution in [0.1, 0.15) is 32.8 Å². The number of rotatable bonds is 4. The van der Waals surface area contributed by atoms with Crippen LogP contribution in [0.5, 0.6) is 0 Å². The third-order valence-corrected chi connectivity index (χ3v) is 5.02. The highest BCUT2D eigenvalue weighted by Gasteiger charge is 2.26. The fraction of sp³-hybridized carbons (Fsp3) is 0.167. The highest BCUT2D eigenvalue weighted by atomic mass is 19.1. The molecule has 0 unspecified atom stereocenters. The largest absolute Gasteiger partial charge is 0.450 e. The first-order valence-electron chi connectivity index (χ1n) is 9.42. The third kappa shape index (κ3) is 3.51. The van der Waals surface area contributed by atoms with Crippen LogP contribution in [0.25, 0.3) is 11.0 Å². The Kier molecular flexibility index (Phi) is 4.89. The molecule has 29 heavy (non-hydrogen) atoms. The normalized spacial score (nSPS) is 11.0. The van der Waals surface area contributed by atoms with Crippen LogP contribution in [-0.2, 0) is 6.54 Å². The molecule has 4 aromatic rings. The van der Waals surface area contributed by atoms with E-state index in [9.17, 15) is 9.18 Å². The van der Waals surface area contributed by atoms with E-state index in [1.165, 1.54) is 11.0 Å². The summed E-state index contributed by atoms with van der Waals surface area (Å²) in [5.74, 6) is -0.0315. The molecule has 4 rings (SSSR count). The molecule has 0 radical (unpaired) electrons. The molecule has 5 heteroatoms. The number of anilines is 1. The summed E-state index contributed by atoms with van der Waals surface area (Å²) in [6.45, 7) is 5.90. The minimum atomic E-state index is -0.367. The first-order valence-corrected chi connectivity index (χ1v) is 9.42. The van der Waals surface area contributed by atoms with Gasteiger partial charge in [0.2, 0.25) is 0 Å². The molecule has 2 aromatic heterocycles. The molecule has 0 atom stereocenters. The second-order valence-electron chi connectivity index (χ2n) is 7.19. The van der Waals surface area contributed by atoms with Crippen LogP contribution >= 0.6 is 0 Å². The molecular weight excluding hydrogens is 367 g/mol. The molecule has 0 saturated carbocycles. The Balaban J connectivity index is 1.82. The van der Waals surface area contributed by atoms with Gasteiger partial charge in [-0.05, 0) is 56.2 Å². The predicted molar refractivity (Wildman–Crippen MR) is 112 cm³/mol. The zero-order valence-corrected chi connectivity index (χ0v) is 16.6. The number of nitrogens with zero attached hydrogens (tertiary/aromatic N) is 2. The maximum atomic E-state index is 14.3. The number of carbonyl (C=O) groups excluding carboxylic acids is 1. The molecule has 0 N–H and O–H groups in total. The first-order chi connectivity index (χ1) is 14.0. The van der Waals surface area contributed by atoms with Crippen molar-refractivity contribution in [2.75, 3.05) is 4.90 Å². The number of halogens is 1. The van der Waals surface area contributed by atoms with E-state index in [4.69, 9.17) is 4.42 Å². The number of amides is 1. The lowest BCUT2D eigenvalue weighted by atomic mass is 10.1. The quantitative estimate of drug-likeness (QED) is 0.448. The van der Waals surface area contributed by atoms with Gasteiger partial charge in [-0.15, -0.1) is 0 Å². The Morgan fingerprint density at radius 2 is 1.83 bits per heavy atom. The average molecular weight is 388 g/mol. The topological polar surface area (TPSA) is 46.3 Å². The standard InChI is InChI=1S/C24H21FN2O2/c1-15-12-16(2)22-19(13-15)17(3)23(29-22)24(28)27(21-10-6-7-11-26-21)14-18-8-4-5-9-20(18)25/h4-13H,14H2,1-3H3. The number of hydrogen-bond acceptors (Lipinski definition) is 3. The molecule has 146 valence electrons. The maximum absolute atomic E-state index is 14.3. The van der Waals surface area contributed by atoms with E-state index >= 15 is 0 Å². The second-order valence-corrected chi connectivity index (χ2v) is 7.19. The van der Waals surface area contributed by atoms with Gasteiger partial charge in [0.25, 0.3) is 5.91 Å². The lowest BCUT2D eigenvalue weighted by Crippen LogP contribution is -2.31. The molecule has 0 aliphatic heterocycles. The molecular formula is C24H21FN2O2. The van der Waals surface area contributed by atoms with Crippen LogP contribution in [0.4, 0.5) is 10.2 Å². The third-order valence-electron chi connectivity index (χ3n) is 5.02. The van der Waals surface area contributed by atoms with E-state index in [0.29, 0.717) is 17.0 Å². The van der Waals surface area contributed by atoms with E-state index in [1.54, 1.807) is 42.6 Å². The van der Waals surface area contributed by atoms with E-state index in [1.807, 2.05) is 32.9 Å². The summed E-state index contributed by atoms with van der Waals surface area (Å²) >= 11 is 0. The van der Waals surface area contributed by atoms with Gasteiger partial charge in [0.05, 0.1) is 6.54 Å². The summed E-state index contributed by atoms with van der Waals surface area (Å²) in [7, 11) is 0. The van der Waals surface area contributed by atoms with E-state index in [0.717, 1.165) is 22.1 Å². The number of fused-ring (bicyclic) bond motifs is 1. The van der Waals surface area contributed by atoms with Crippen LogP contribution in [0.3, 0.4) is 0 Å². The number of furan rings is 1. The average Bonchev–Trinajstić information content (AvgIpc) is 3.04. The molecule has 0 bridgehead atoms. The highest BCUT2D eigenvalue weighted by Crippen LogP contribution is 2.31. The highest BCUT2D eigenvalue weighted by molar-refractivity contribution is 6.07. The number of carbonyl (C=O) groups is 1. The Bertz CT molecular complexity index is 1200. The molecule has 0 aliphatic rings. The van der Waals surface area contributed by atoms with Crippen molar-refractivity contribution in [2.24, 2.45) is 0 Å². The van der Waals surface area contributed by atoms with Crippen molar-refractivity contribution in [1.29, 1.82) is 0 Å². The van der Waals surface area contributed by atoms with Crippen molar-refractivity contribution in [1.82, 2.24) is 4.98 Å². The van der Waals surface area contributed by atoms with Gasteiger partial charge in [0.15, 0.2) is 5.76 Å². The van der Waals surface area contributed by atoms with Gasteiger partial charge in [0.1, 0.15) is 17.2 Å². The predicted octanol–water partition coefficient (Wildman–Crippen LogP) is 5.74. The fourth-order valence-corrected chi connectivity index (χ4v) is 3.56. The molecule has 4 nitrogen and oxygen atoms in total. The zero-order chi connectivity index (χ0) is 20.5. The van der Waals surface area contributed by atoms with Crippen LogP contribution < -0.4 is 4.90 Å². The van der Waals surface area contributed by atoms with E-state index in [-0.39, 0.29) is 24.0 Å². The van der Waals surface area contributed by atoms with Crippen LogP contribution in [-0.4, -0.2) is 10.9 Å². The minimum absolute atomic E-state index is 0.0526. The zero-order valence-electron chi connectivity index (χ0n) is 16.6. The van der Waals surface area contributed by atoms with Crippen LogP contribution in [0.15, 0.2) is 65.2 Å². The van der Waals surface area contributed by atoms with Crippen molar-refractivity contribution in [3.8, 4) is 0 Å². The van der Waals surface area contributed by atoms with Gasteiger partial charge in [-0.1, -0.05) is 30.3 Å². The molecule has 0 spiro atoms. The Labute approximate surface area is 168 Å². The van der Waals surface area contributed by atoms with Crippen molar-refractivity contribution in [3.63, 3.8) is 0 Å². The van der Waals surface area contributed by atoms with Gasteiger partial charge in [-0.25, -0.2) is 9.37 Å². The summed E-state index contributed by atoms with van der Waals surface area (Å²) < 4.78 is 20.3. The van der Waals surface area contributed by atoms with Crippen molar-refractivity contribution < 1.29 is 13.6 Å². The van der Waals surface area contributed by atoms with Crippen molar-refractivity contribution in [3.05, 3.63) is 94.6 Å². The van der Waals surface area contributed by atoms with Gasteiger partial charge in [0, 0.05) is 22.7 Å². The summed E-state index contributed by atoms with van der Waals surface area (Å²) in [6.07, 6.45) is 1.61. The summed E-state index contributed by atoms with van der Waals surface area (Å²) in [5.41, 5.74) is 3.95. The van der Waals surface area contributed by atoms with E-state index < -0.39 is 0 Å². The minimum Gasteiger partial charge on any atom is -0.450 e. The van der Waals surface area contributed by atoms with Gasteiger partial charge in [-0.2, -0.15) is 0 Å². The van der Waals surface area contributed by atoms with Crippen molar-refractivity contribution >= 4 is 22.7 Å². The lowest BCUT2D eigenvalue weighted by Gasteiger charge is -2.21. The molecule has 1 amide bonds. The Hall–Kier alpha value is -3.47. The van der Waals surface area contributed by atoms with Gasteiger partial charge < -0.3 is 4.42 Å². The van der Waals surface area contributed by atoms with Crippen molar-refractivity contribution in [2.45, 2.75) is 27.3 Å². The molecule has 2 aromatic carbocycles. The number of hydrogen-bond donors (Lipinski definition) is 0. The maximum Gasteiger partial charge on any atom is 0.295 e. The fourth-order valence-electron chi connectivity index (χ4n) is 3.56. The lowest BCUT2D eigenvalue weighted by molar-refractivity contribution is 0.0958. The van der Waals surface area contributed by atoms with Gasteiger partial charge in [-0.3, -0.25) is 9.69 Å². The Morgan fingerprint density at radius 1 is 1.07 bits per heavy atom. The van der Waals surface area contributed by atoms with Gasteiger partial charge >= 0.3 is 0 Å². The van der Waals surface area contributed by atoms with E-state index in [2.05, 4.69) is 4.98 Å². The number of benzene rings is 2. The summed E-state index contributed by atoms with van der Waals surface area (Å²) in [5, 5.41) is 0.915. The summed E-state index contributed by atoms with van der Waals surface area (Å²) in [4.78, 5) is 19.3. The van der Waals surface area contributed by atoms with Crippen LogP contribution in [0, 0.1) is 26.6 Å². The monoisotopic (exact) mass is 388 g/mol. The second kappa shape index (κ2) is 7.51. The summed E-state index contributed by atoms with van der Waals surface area (Å²) in [6, 6.07) is 15.8. The van der Waals surface area contributed by atoms with Crippen LogP contribution in [0.2, 0.25) is 0 Å². The molecule has 2 heterocycles.